The van der Waals surface area contributed by atoms with Gasteiger partial charge < -0.3 is 10.6 Å². The second-order valence-corrected chi connectivity index (χ2v) is 5.63. The molecule has 0 saturated heterocycles. The van der Waals surface area contributed by atoms with E-state index in [9.17, 15) is 4.79 Å². The van der Waals surface area contributed by atoms with E-state index in [1.165, 1.54) is 4.88 Å². The second-order valence-electron chi connectivity index (χ2n) is 4.63. The lowest BCUT2D eigenvalue weighted by Gasteiger charge is -2.32. The topological polar surface area (TPSA) is 41.1 Å². The van der Waals surface area contributed by atoms with Crippen LogP contribution in [-0.4, -0.2) is 11.4 Å². The summed E-state index contributed by atoms with van der Waals surface area (Å²) in [6, 6.07) is 1.97. The Bertz CT molecular complexity index is 375. The molecule has 4 heteroatoms. The molecule has 0 fully saturated rings. The van der Waals surface area contributed by atoms with Gasteiger partial charge in [-0.1, -0.05) is 20.8 Å². The van der Waals surface area contributed by atoms with Crippen LogP contribution in [0.1, 0.15) is 51.8 Å². The van der Waals surface area contributed by atoms with Crippen molar-refractivity contribution in [2.45, 2.75) is 59.0 Å². The first-order chi connectivity index (χ1) is 8.56. The molecule has 102 valence electrons. The number of rotatable bonds is 7. The number of hydrogen-bond acceptors (Lipinski definition) is 3. The highest BCUT2D eigenvalue weighted by atomic mass is 32.1. The molecule has 0 aromatic carbocycles. The van der Waals surface area contributed by atoms with Crippen molar-refractivity contribution in [2.24, 2.45) is 0 Å². The molecule has 3 nitrogen and oxygen atoms in total. The number of anilines is 1. The Morgan fingerprint density at radius 2 is 1.89 bits per heavy atom. The molecule has 0 aliphatic heterocycles. The van der Waals surface area contributed by atoms with E-state index in [0.29, 0.717) is 0 Å². The Balaban J connectivity index is 2.68. The fraction of sp³-hybridized carbons (Fsp3) is 0.643. The highest BCUT2D eigenvalue weighted by Crippen LogP contribution is 2.25. The summed E-state index contributed by atoms with van der Waals surface area (Å²) in [7, 11) is 0. The number of amides is 1. The smallest absolute Gasteiger partial charge is 0.221 e. The van der Waals surface area contributed by atoms with Gasteiger partial charge in [0.1, 0.15) is 0 Å². The lowest BCUT2D eigenvalue weighted by molar-refractivity contribution is -0.114. The van der Waals surface area contributed by atoms with Crippen LogP contribution >= 0.6 is 11.3 Å². The first kappa shape index (κ1) is 15.2. The van der Waals surface area contributed by atoms with Gasteiger partial charge in [0.25, 0.3) is 0 Å². The Morgan fingerprint density at radius 3 is 2.39 bits per heavy atom. The number of hydrogen-bond donors (Lipinski definition) is 2. The fourth-order valence-corrected chi connectivity index (χ4v) is 2.94. The van der Waals surface area contributed by atoms with Gasteiger partial charge in [0.15, 0.2) is 0 Å². The van der Waals surface area contributed by atoms with Gasteiger partial charge in [-0.15, -0.1) is 11.3 Å². The summed E-state index contributed by atoms with van der Waals surface area (Å²) in [6.07, 6.45) is 3.38. The Hall–Kier alpha value is -0.870. The monoisotopic (exact) mass is 268 g/mol. The van der Waals surface area contributed by atoms with Crippen LogP contribution in [0.15, 0.2) is 11.4 Å². The van der Waals surface area contributed by atoms with Crippen molar-refractivity contribution in [1.82, 2.24) is 5.32 Å². The Labute approximate surface area is 114 Å². The Kier molecular flexibility index (Phi) is 5.82. The van der Waals surface area contributed by atoms with Crippen LogP contribution in [0.2, 0.25) is 0 Å². The van der Waals surface area contributed by atoms with Gasteiger partial charge in [-0.2, -0.15) is 0 Å². The van der Waals surface area contributed by atoms with E-state index < -0.39 is 0 Å². The fourth-order valence-electron chi connectivity index (χ4n) is 2.17. The van der Waals surface area contributed by atoms with Crippen LogP contribution in [0.4, 0.5) is 5.69 Å². The van der Waals surface area contributed by atoms with Gasteiger partial charge in [-0.05, 0) is 30.7 Å². The van der Waals surface area contributed by atoms with Gasteiger partial charge in [0.05, 0.1) is 5.69 Å². The molecule has 0 radical (unpaired) electrons. The van der Waals surface area contributed by atoms with Crippen LogP contribution in [-0.2, 0) is 11.3 Å². The first-order valence-corrected chi connectivity index (χ1v) is 7.53. The number of nitrogens with one attached hydrogen (secondary N) is 2. The molecule has 0 bridgehead atoms. The van der Waals surface area contributed by atoms with E-state index >= 15 is 0 Å². The van der Waals surface area contributed by atoms with E-state index in [-0.39, 0.29) is 11.4 Å². The minimum Gasteiger partial charge on any atom is -0.325 e. The van der Waals surface area contributed by atoms with Crippen molar-refractivity contribution in [3.63, 3.8) is 0 Å². The quantitative estimate of drug-likeness (QED) is 0.790. The summed E-state index contributed by atoms with van der Waals surface area (Å²) in [5, 5.41) is 8.55. The van der Waals surface area contributed by atoms with Crippen molar-refractivity contribution in [2.75, 3.05) is 5.32 Å². The number of carbonyl (C=O) groups is 1. The van der Waals surface area contributed by atoms with Crippen molar-refractivity contribution in [1.29, 1.82) is 0 Å². The number of carbonyl (C=O) groups excluding carboxylic acids is 1. The molecule has 1 amide bonds. The molecule has 1 rings (SSSR count). The molecule has 1 aromatic heterocycles. The standard InChI is InChI=1S/C14H24N2OS/c1-5-14(6-2,7-3)15-10-13-12(8-9-18-13)16-11(4)17/h8-9,15H,5-7,10H2,1-4H3,(H,16,17). The molecule has 1 heterocycles. The molecule has 0 atom stereocenters. The lowest BCUT2D eigenvalue weighted by atomic mass is 9.90. The zero-order valence-corrected chi connectivity index (χ0v) is 12.6. The molecule has 1 aromatic rings. The highest BCUT2D eigenvalue weighted by molar-refractivity contribution is 7.10. The molecular formula is C14H24N2OS. The molecule has 2 N–H and O–H groups in total. The summed E-state index contributed by atoms with van der Waals surface area (Å²) in [5.74, 6) is -0.0117. The Morgan fingerprint density at radius 1 is 1.28 bits per heavy atom. The predicted octanol–water partition coefficient (Wildman–Crippen LogP) is 3.76. The maximum Gasteiger partial charge on any atom is 0.221 e. The predicted molar refractivity (Wildman–Crippen MR) is 79.1 cm³/mol. The normalized spacial score (nSPS) is 11.6. The SMILES string of the molecule is CCC(CC)(CC)NCc1sccc1NC(C)=O. The zero-order chi connectivity index (χ0) is 13.6. The second kappa shape index (κ2) is 6.90. The summed E-state index contributed by atoms with van der Waals surface area (Å²) >= 11 is 1.69. The van der Waals surface area contributed by atoms with Gasteiger partial charge >= 0.3 is 0 Å². The molecule has 0 aliphatic rings. The molecule has 0 unspecified atom stereocenters. The van der Waals surface area contributed by atoms with E-state index in [0.717, 1.165) is 31.5 Å². The minimum absolute atomic E-state index is 0.0117. The summed E-state index contributed by atoms with van der Waals surface area (Å²) in [5.41, 5.74) is 1.16. The molecular weight excluding hydrogens is 244 g/mol. The zero-order valence-electron chi connectivity index (χ0n) is 11.8. The average Bonchev–Trinajstić information content (AvgIpc) is 2.78. The molecule has 0 saturated carbocycles. The minimum atomic E-state index is -0.0117. The van der Waals surface area contributed by atoms with Crippen molar-refractivity contribution >= 4 is 22.9 Å². The molecule has 0 spiro atoms. The third-order valence-corrected chi connectivity index (χ3v) is 4.63. The summed E-state index contributed by atoms with van der Waals surface area (Å²) in [6.45, 7) is 9.04. The first-order valence-electron chi connectivity index (χ1n) is 6.66. The van der Waals surface area contributed by atoms with E-state index in [4.69, 9.17) is 0 Å². The van der Waals surface area contributed by atoms with E-state index in [1.54, 1.807) is 18.3 Å². The van der Waals surface area contributed by atoms with Gasteiger partial charge in [0, 0.05) is 23.9 Å². The molecule has 0 aliphatic carbocycles. The van der Waals surface area contributed by atoms with Crippen molar-refractivity contribution < 1.29 is 4.79 Å². The third kappa shape index (κ3) is 3.82. The van der Waals surface area contributed by atoms with Crippen LogP contribution in [0.3, 0.4) is 0 Å². The van der Waals surface area contributed by atoms with Crippen molar-refractivity contribution in [3.05, 3.63) is 16.3 Å². The van der Waals surface area contributed by atoms with Gasteiger partial charge in [-0.25, -0.2) is 0 Å². The highest BCUT2D eigenvalue weighted by Gasteiger charge is 2.23. The van der Waals surface area contributed by atoms with Crippen LogP contribution in [0.25, 0.3) is 0 Å². The average molecular weight is 268 g/mol. The van der Waals surface area contributed by atoms with E-state index in [2.05, 4.69) is 31.4 Å². The van der Waals surface area contributed by atoms with Crippen LogP contribution in [0, 0.1) is 0 Å². The summed E-state index contributed by atoms with van der Waals surface area (Å²) in [4.78, 5) is 12.3. The van der Waals surface area contributed by atoms with Crippen molar-refractivity contribution in [3.8, 4) is 0 Å². The van der Waals surface area contributed by atoms with Gasteiger partial charge in [0.2, 0.25) is 5.91 Å². The third-order valence-electron chi connectivity index (χ3n) is 3.71. The largest absolute Gasteiger partial charge is 0.325 e. The summed E-state index contributed by atoms with van der Waals surface area (Å²) < 4.78 is 0. The van der Waals surface area contributed by atoms with Crippen LogP contribution < -0.4 is 10.6 Å². The lowest BCUT2D eigenvalue weighted by Crippen LogP contribution is -2.43. The number of thiophene rings is 1. The van der Waals surface area contributed by atoms with Gasteiger partial charge in [-0.3, -0.25) is 4.79 Å². The van der Waals surface area contributed by atoms with Crippen LogP contribution in [0.5, 0.6) is 0 Å². The molecule has 18 heavy (non-hydrogen) atoms. The maximum atomic E-state index is 11.1. The van der Waals surface area contributed by atoms with E-state index in [1.807, 2.05) is 11.4 Å². The maximum absolute atomic E-state index is 11.1.